The van der Waals surface area contributed by atoms with Crippen LogP contribution in [0.15, 0.2) is 42.5 Å². The second-order valence-electron chi connectivity index (χ2n) is 6.64. The molecule has 132 valence electrons. The van der Waals surface area contributed by atoms with Gasteiger partial charge in [-0.1, -0.05) is 12.1 Å². The second kappa shape index (κ2) is 7.66. The third-order valence-corrected chi connectivity index (χ3v) is 4.59. The van der Waals surface area contributed by atoms with Gasteiger partial charge in [-0.25, -0.2) is 4.39 Å². The zero-order valence-corrected chi connectivity index (χ0v) is 14.3. The van der Waals surface area contributed by atoms with Gasteiger partial charge in [-0.2, -0.15) is 0 Å². The fourth-order valence-electron chi connectivity index (χ4n) is 3.15. The number of ether oxygens (including phenoxy) is 1. The molecule has 1 aliphatic rings. The van der Waals surface area contributed by atoms with Crippen LogP contribution >= 0.6 is 0 Å². The predicted octanol–water partition coefficient (Wildman–Crippen LogP) is 3.67. The largest absolute Gasteiger partial charge is 0.457 e. The lowest BCUT2D eigenvalue weighted by atomic mass is 10.1. The number of hydrogen-bond acceptors (Lipinski definition) is 3. The van der Waals surface area contributed by atoms with Gasteiger partial charge >= 0.3 is 0 Å². The number of halogens is 1. The van der Waals surface area contributed by atoms with Crippen LogP contribution in [0.3, 0.4) is 0 Å². The summed E-state index contributed by atoms with van der Waals surface area (Å²) in [6.07, 6.45) is 2.57. The monoisotopic (exact) mass is 342 g/mol. The van der Waals surface area contributed by atoms with Gasteiger partial charge in [0.1, 0.15) is 17.3 Å². The molecule has 0 spiro atoms. The van der Waals surface area contributed by atoms with Gasteiger partial charge in [0, 0.05) is 18.5 Å². The van der Waals surface area contributed by atoms with Crippen molar-refractivity contribution in [1.82, 2.24) is 5.32 Å². The zero-order valence-electron chi connectivity index (χ0n) is 14.3. The topological polar surface area (TPSA) is 64.4 Å². The van der Waals surface area contributed by atoms with Crippen molar-refractivity contribution in [3.63, 3.8) is 0 Å². The third-order valence-electron chi connectivity index (χ3n) is 4.59. The molecule has 2 aromatic rings. The molecule has 0 aromatic heterocycles. The number of benzene rings is 2. The number of carbonyl (C=O) groups is 1. The average molecular weight is 342 g/mol. The van der Waals surface area contributed by atoms with E-state index in [1.807, 2.05) is 25.1 Å². The number of nitrogens with one attached hydrogen (secondary N) is 1. The van der Waals surface area contributed by atoms with E-state index in [0.29, 0.717) is 18.0 Å². The Morgan fingerprint density at radius 1 is 1.24 bits per heavy atom. The van der Waals surface area contributed by atoms with E-state index in [1.54, 1.807) is 12.1 Å². The smallest absolute Gasteiger partial charge is 0.223 e. The van der Waals surface area contributed by atoms with E-state index in [1.165, 1.54) is 12.1 Å². The summed E-state index contributed by atoms with van der Waals surface area (Å²) in [5.74, 6) is 1.12. The number of carbonyl (C=O) groups excluding carboxylic acids is 1. The van der Waals surface area contributed by atoms with E-state index in [-0.39, 0.29) is 23.7 Å². The quantitative estimate of drug-likeness (QED) is 0.871. The summed E-state index contributed by atoms with van der Waals surface area (Å²) in [5.41, 5.74) is 7.83. The number of hydrogen-bond donors (Lipinski definition) is 2. The molecule has 2 aromatic carbocycles. The molecule has 1 aliphatic carbocycles. The number of rotatable bonds is 5. The fourth-order valence-corrected chi connectivity index (χ4v) is 3.15. The van der Waals surface area contributed by atoms with Gasteiger partial charge in [0.05, 0.1) is 0 Å². The minimum atomic E-state index is -0.293. The first-order chi connectivity index (χ1) is 12.0. The summed E-state index contributed by atoms with van der Waals surface area (Å²) in [7, 11) is 0. The first-order valence-corrected chi connectivity index (χ1v) is 8.57. The van der Waals surface area contributed by atoms with E-state index >= 15 is 0 Å². The van der Waals surface area contributed by atoms with Crippen molar-refractivity contribution >= 4 is 5.91 Å². The highest BCUT2D eigenvalue weighted by atomic mass is 19.1. The molecule has 1 fully saturated rings. The van der Waals surface area contributed by atoms with Crippen molar-refractivity contribution in [2.24, 2.45) is 11.7 Å². The fraction of sp³-hybridized carbons (Fsp3) is 0.350. The number of aryl methyl sites for hydroxylation is 1. The van der Waals surface area contributed by atoms with Gasteiger partial charge in [0.15, 0.2) is 0 Å². The molecule has 0 saturated heterocycles. The molecule has 4 nitrogen and oxygen atoms in total. The summed E-state index contributed by atoms with van der Waals surface area (Å²) >= 11 is 0. The minimum absolute atomic E-state index is 0.0391. The third kappa shape index (κ3) is 4.57. The van der Waals surface area contributed by atoms with Crippen LogP contribution in [-0.2, 0) is 11.3 Å². The number of nitrogens with two attached hydrogens (primary N) is 1. The summed E-state index contributed by atoms with van der Waals surface area (Å²) in [6, 6.07) is 11.8. The molecule has 2 atom stereocenters. The highest BCUT2D eigenvalue weighted by molar-refractivity contribution is 5.79. The Morgan fingerprint density at radius 3 is 2.64 bits per heavy atom. The molecule has 3 rings (SSSR count). The van der Waals surface area contributed by atoms with Crippen LogP contribution in [-0.4, -0.2) is 11.9 Å². The van der Waals surface area contributed by atoms with E-state index in [2.05, 4.69) is 5.32 Å². The van der Waals surface area contributed by atoms with Crippen LogP contribution in [0.2, 0.25) is 0 Å². The molecule has 25 heavy (non-hydrogen) atoms. The molecule has 0 heterocycles. The molecule has 2 unspecified atom stereocenters. The Morgan fingerprint density at radius 2 is 2.00 bits per heavy atom. The molecular weight excluding hydrogens is 319 g/mol. The van der Waals surface area contributed by atoms with Crippen molar-refractivity contribution in [1.29, 1.82) is 0 Å². The lowest BCUT2D eigenvalue weighted by Crippen LogP contribution is -2.30. The SMILES string of the molecule is Cc1cc(CNC(=O)C2CCC(N)C2)ccc1Oc1ccc(F)cc1. The zero-order chi connectivity index (χ0) is 17.8. The lowest BCUT2D eigenvalue weighted by molar-refractivity contribution is -0.125. The molecule has 1 amide bonds. The standard InChI is InChI=1S/C20H23FN2O2/c1-13-10-14(12-23-20(24)15-3-6-17(22)11-15)2-9-19(13)25-18-7-4-16(21)5-8-18/h2,4-5,7-10,15,17H,3,6,11-12,22H2,1H3,(H,23,24). The van der Waals surface area contributed by atoms with Crippen LogP contribution in [0.5, 0.6) is 11.5 Å². The van der Waals surface area contributed by atoms with Gasteiger partial charge in [0.2, 0.25) is 5.91 Å². The Balaban J connectivity index is 1.58. The van der Waals surface area contributed by atoms with E-state index in [9.17, 15) is 9.18 Å². The maximum Gasteiger partial charge on any atom is 0.223 e. The van der Waals surface area contributed by atoms with Crippen molar-refractivity contribution in [3.8, 4) is 11.5 Å². The predicted molar refractivity (Wildman–Crippen MR) is 94.8 cm³/mol. The van der Waals surface area contributed by atoms with Crippen LogP contribution in [0, 0.1) is 18.7 Å². The van der Waals surface area contributed by atoms with Crippen molar-refractivity contribution < 1.29 is 13.9 Å². The highest BCUT2D eigenvalue weighted by Gasteiger charge is 2.27. The van der Waals surface area contributed by atoms with Gasteiger partial charge < -0.3 is 15.8 Å². The van der Waals surface area contributed by atoms with Crippen molar-refractivity contribution in [2.45, 2.75) is 38.8 Å². The Labute approximate surface area is 147 Å². The van der Waals surface area contributed by atoms with Gasteiger partial charge in [-0.3, -0.25) is 4.79 Å². The first kappa shape index (κ1) is 17.4. The van der Waals surface area contributed by atoms with E-state index in [0.717, 1.165) is 30.4 Å². The highest BCUT2D eigenvalue weighted by Crippen LogP contribution is 2.27. The van der Waals surface area contributed by atoms with Crippen LogP contribution in [0.25, 0.3) is 0 Å². The molecular formula is C20H23FN2O2. The second-order valence-corrected chi connectivity index (χ2v) is 6.64. The van der Waals surface area contributed by atoms with Crippen molar-refractivity contribution in [3.05, 3.63) is 59.4 Å². The maximum atomic E-state index is 12.9. The number of amides is 1. The minimum Gasteiger partial charge on any atom is -0.457 e. The van der Waals surface area contributed by atoms with Crippen LogP contribution in [0.4, 0.5) is 4.39 Å². The van der Waals surface area contributed by atoms with E-state index < -0.39 is 0 Å². The van der Waals surface area contributed by atoms with Gasteiger partial charge in [0.25, 0.3) is 0 Å². The summed E-state index contributed by atoms with van der Waals surface area (Å²) < 4.78 is 18.7. The van der Waals surface area contributed by atoms with Crippen molar-refractivity contribution in [2.75, 3.05) is 0 Å². The van der Waals surface area contributed by atoms with Gasteiger partial charge in [-0.15, -0.1) is 0 Å². The molecule has 5 heteroatoms. The molecule has 0 aliphatic heterocycles. The first-order valence-electron chi connectivity index (χ1n) is 8.57. The van der Waals surface area contributed by atoms with Gasteiger partial charge in [-0.05, 0) is 67.6 Å². The van der Waals surface area contributed by atoms with Crippen LogP contribution in [0.1, 0.15) is 30.4 Å². The normalized spacial score (nSPS) is 19.6. The average Bonchev–Trinajstić information content (AvgIpc) is 3.03. The van der Waals surface area contributed by atoms with Crippen LogP contribution < -0.4 is 15.8 Å². The van der Waals surface area contributed by atoms with E-state index in [4.69, 9.17) is 10.5 Å². The molecule has 0 radical (unpaired) electrons. The Kier molecular flexibility index (Phi) is 5.34. The Bertz CT molecular complexity index is 746. The molecule has 1 saturated carbocycles. The Hall–Kier alpha value is -2.40. The summed E-state index contributed by atoms with van der Waals surface area (Å²) in [4.78, 5) is 12.2. The lowest BCUT2D eigenvalue weighted by Gasteiger charge is -2.13. The molecule has 0 bridgehead atoms. The maximum absolute atomic E-state index is 12.9. The summed E-state index contributed by atoms with van der Waals surface area (Å²) in [6.45, 7) is 2.43. The molecule has 3 N–H and O–H groups in total. The summed E-state index contributed by atoms with van der Waals surface area (Å²) in [5, 5.41) is 2.99.